The van der Waals surface area contributed by atoms with E-state index in [2.05, 4.69) is 15.9 Å². The molecule has 4 heteroatoms. The topological polar surface area (TPSA) is 37.3 Å². The van der Waals surface area contributed by atoms with E-state index in [-0.39, 0.29) is 0 Å². The Morgan fingerprint density at radius 3 is 2.50 bits per heavy atom. The zero-order valence-electron chi connectivity index (χ0n) is 7.95. The van der Waals surface area contributed by atoms with Gasteiger partial charge in [-0.05, 0) is 41.9 Å². The summed E-state index contributed by atoms with van der Waals surface area (Å²) in [5.41, 5.74) is 0. The maximum Gasteiger partial charge on any atom is 0.319 e. The van der Waals surface area contributed by atoms with E-state index in [1.807, 2.05) is 24.3 Å². The lowest BCUT2D eigenvalue weighted by Crippen LogP contribution is -2.26. The highest BCUT2D eigenvalue weighted by atomic mass is 79.9. The smallest absolute Gasteiger partial charge is 0.319 e. The minimum absolute atomic E-state index is 0.802. The number of rotatable bonds is 3. The molecule has 0 heterocycles. The predicted molar refractivity (Wildman–Crippen MR) is 61.7 cm³/mol. The molecule has 14 heavy (non-hydrogen) atoms. The molecule has 1 aromatic carbocycles. The Morgan fingerprint density at radius 1 is 1.43 bits per heavy atom. The number of hydrogen-bond acceptors (Lipinski definition) is 2. The monoisotopic (exact) mass is 274 g/mol. The minimum atomic E-state index is -0.807. The van der Waals surface area contributed by atoms with Crippen molar-refractivity contribution in [3.05, 3.63) is 28.7 Å². The summed E-state index contributed by atoms with van der Waals surface area (Å²) in [6.45, 7) is 3.39. The first-order valence-electron chi connectivity index (χ1n) is 4.10. The molecule has 0 aromatic heterocycles. The third kappa shape index (κ3) is 2.75. The fraction of sp³-hybridized carbons (Fsp3) is 0.300. The second kappa shape index (κ2) is 4.36. The molecule has 2 nitrogen and oxygen atoms in total. The fourth-order valence-electron chi connectivity index (χ4n) is 0.846. The number of carboxylic acid groups (broad SMARTS) is 1. The molecule has 0 amide bonds. The molecule has 1 rings (SSSR count). The number of carbonyl (C=O) groups is 1. The first-order chi connectivity index (χ1) is 6.43. The first kappa shape index (κ1) is 11.6. The molecule has 1 N–H and O–H groups in total. The summed E-state index contributed by atoms with van der Waals surface area (Å²) < 4.78 is 0.128. The minimum Gasteiger partial charge on any atom is -0.480 e. The van der Waals surface area contributed by atoms with Gasteiger partial charge in [0.05, 0.1) is 0 Å². The van der Waals surface area contributed by atoms with E-state index in [0.29, 0.717) is 0 Å². The van der Waals surface area contributed by atoms with Crippen molar-refractivity contribution in [2.75, 3.05) is 0 Å². The van der Waals surface area contributed by atoms with E-state index < -0.39 is 10.7 Å². The summed E-state index contributed by atoms with van der Waals surface area (Å²) in [4.78, 5) is 11.8. The number of hydrogen-bond donors (Lipinski definition) is 1. The van der Waals surface area contributed by atoms with E-state index in [9.17, 15) is 4.79 Å². The molecular weight excluding hydrogens is 264 g/mol. The summed E-state index contributed by atoms with van der Waals surface area (Å²) >= 11 is 4.72. The molecule has 0 aliphatic carbocycles. The highest BCUT2D eigenvalue weighted by molar-refractivity contribution is 9.10. The number of benzene rings is 1. The van der Waals surface area contributed by atoms with Gasteiger partial charge in [-0.25, -0.2) is 0 Å². The molecular formula is C10H11BrO2S. The Bertz CT molecular complexity index is 350. The van der Waals surface area contributed by atoms with Crippen LogP contribution in [0.5, 0.6) is 0 Å². The quantitative estimate of drug-likeness (QED) is 0.859. The number of halogens is 1. The van der Waals surface area contributed by atoms with Crippen LogP contribution < -0.4 is 0 Å². The highest BCUT2D eigenvalue weighted by Gasteiger charge is 2.28. The molecule has 0 aliphatic rings. The van der Waals surface area contributed by atoms with Crippen LogP contribution in [0, 0.1) is 0 Å². The second-order valence-electron chi connectivity index (χ2n) is 3.35. The van der Waals surface area contributed by atoms with Gasteiger partial charge in [0.1, 0.15) is 4.75 Å². The average molecular weight is 275 g/mol. The number of aliphatic carboxylic acids is 1. The zero-order valence-corrected chi connectivity index (χ0v) is 10.4. The van der Waals surface area contributed by atoms with E-state index in [1.54, 1.807) is 13.8 Å². The maximum absolute atomic E-state index is 10.9. The van der Waals surface area contributed by atoms with Crippen LogP contribution in [0.15, 0.2) is 33.6 Å². The van der Waals surface area contributed by atoms with Gasteiger partial charge in [-0.15, -0.1) is 11.8 Å². The van der Waals surface area contributed by atoms with Crippen molar-refractivity contribution in [1.82, 2.24) is 0 Å². The molecule has 1 aromatic rings. The Balaban J connectivity index is 2.89. The van der Waals surface area contributed by atoms with Crippen LogP contribution in [0.2, 0.25) is 0 Å². The van der Waals surface area contributed by atoms with Crippen molar-refractivity contribution in [3.8, 4) is 0 Å². The van der Waals surface area contributed by atoms with Crippen LogP contribution in [-0.2, 0) is 4.79 Å². The van der Waals surface area contributed by atoms with Crippen molar-refractivity contribution in [2.45, 2.75) is 23.5 Å². The Hall–Kier alpha value is -0.480. The molecule has 0 fully saturated rings. The van der Waals surface area contributed by atoms with Crippen LogP contribution in [0.25, 0.3) is 0 Å². The number of carboxylic acids is 1. The summed E-state index contributed by atoms with van der Waals surface area (Å²) in [6.07, 6.45) is 0. The van der Waals surface area contributed by atoms with E-state index >= 15 is 0 Å². The molecule has 0 saturated heterocycles. The van der Waals surface area contributed by atoms with Crippen molar-refractivity contribution < 1.29 is 9.90 Å². The highest BCUT2D eigenvalue weighted by Crippen LogP contribution is 2.36. The first-order valence-corrected chi connectivity index (χ1v) is 5.71. The largest absolute Gasteiger partial charge is 0.480 e. The average Bonchev–Trinajstić information content (AvgIpc) is 2.08. The maximum atomic E-state index is 10.9. The Kier molecular flexibility index (Phi) is 3.61. The van der Waals surface area contributed by atoms with Crippen molar-refractivity contribution in [1.29, 1.82) is 0 Å². The summed E-state index contributed by atoms with van der Waals surface area (Å²) in [5, 5.41) is 8.96. The molecule has 0 radical (unpaired) electrons. The van der Waals surface area contributed by atoms with Crippen LogP contribution in [0.3, 0.4) is 0 Å². The number of thioether (sulfide) groups is 1. The molecule has 0 saturated carbocycles. The van der Waals surface area contributed by atoms with Crippen LogP contribution in [0.1, 0.15) is 13.8 Å². The summed E-state index contributed by atoms with van der Waals surface area (Å²) in [7, 11) is 0. The lowest BCUT2D eigenvalue weighted by Gasteiger charge is -2.18. The third-order valence-corrected chi connectivity index (χ3v) is 3.93. The lowest BCUT2D eigenvalue weighted by atomic mass is 10.2. The van der Waals surface area contributed by atoms with E-state index in [0.717, 1.165) is 9.37 Å². The third-order valence-electron chi connectivity index (χ3n) is 1.72. The van der Waals surface area contributed by atoms with Crippen molar-refractivity contribution in [3.63, 3.8) is 0 Å². The molecule has 76 valence electrons. The van der Waals surface area contributed by atoms with E-state index in [1.165, 1.54) is 11.8 Å². The van der Waals surface area contributed by atoms with E-state index in [4.69, 9.17) is 5.11 Å². The summed E-state index contributed by atoms with van der Waals surface area (Å²) in [6, 6.07) is 7.60. The van der Waals surface area contributed by atoms with Gasteiger partial charge in [-0.3, -0.25) is 4.79 Å². The normalized spacial score (nSPS) is 11.4. The van der Waals surface area contributed by atoms with Crippen molar-refractivity contribution in [2.24, 2.45) is 0 Å². The van der Waals surface area contributed by atoms with Crippen LogP contribution in [-0.4, -0.2) is 15.8 Å². The molecule has 0 unspecified atom stereocenters. The van der Waals surface area contributed by atoms with Gasteiger partial charge >= 0.3 is 5.97 Å². The second-order valence-corrected chi connectivity index (χ2v) is 5.87. The molecule has 0 aliphatic heterocycles. The fourth-order valence-corrected chi connectivity index (χ4v) is 2.32. The standard InChI is InChI=1S/C10H11BrO2S/c1-10(2,9(12)13)14-8-6-4-3-5-7(8)11/h3-6H,1-2H3,(H,12,13). The zero-order chi connectivity index (χ0) is 10.8. The Labute approximate surface area is 95.8 Å². The van der Waals surface area contributed by atoms with Crippen LogP contribution in [0.4, 0.5) is 0 Å². The van der Waals surface area contributed by atoms with Crippen molar-refractivity contribution >= 4 is 33.7 Å². The van der Waals surface area contributed by atoms with Crippen LogP contribution >= 0.6 is 27.7 Å². The van der Waals surface area contributed by atoms with Gasteiger partial charge in [0.15, 0.2) is 0 Å². The van der Waals surface area contributed by atoms with Gasteiger partial charge in [0, 0.05) is 9.37 Å². The van der Waals surface area contributed by atoms with Gasteiger partial charge in [0.2, 0.25) is 0 Å². The van der Waals surface area contributed by atoms with Gasteiger partial charge in [-0.2, -0.15) is 0 Å². The van der Waals surface area contributed by atoms with Gasteiger partial charge in [-0.1, -0.05) is 12.1 Å². The van der Waals surface area contributed by atoms with Gasteiger partial charge in [0.25, 0.3) is 0 Å². The lowest BCUT2D eigenvalue weighted by molar-refractivity contribution is -0.138. The summed E-state index contributed by atoms with van der Waals surface area (Å²) in [5.74, 6) is -0.807. The molecule has 0 atom stereocenters. The molecule has 0 bridgehead atoms. The Morgan fingerprint density at radius 2 is 2.00 bits per heavy atom. The van der Waals surface area contributed by atoms with Gasteiger partial charge < -0.3 is 5.11 Å². The SMILES string of the molecule is CC(C)(Sc1ccccc1Br)C(=O)O. The predicted octanol–water partition coefficient (Wildman–Crippen LogP) is 3.40. The molecule has 0 spiro atoms.